The number of piperidine rings is 2. The Morgan fingerprint density at radius 2 is 1.92 bits per heavy atom. The number of hydrogen-bond acceptors (Lipinski definition) is 8. The van der Waals surface area contributed by atoms with Crippen molar-refractivity contribution in [2.45, 2.75) is 56.9 Å². The van der Waals surface area contributed by atoms with Crippen LogP contribution in [0.5, 0.6) is 11.5 Å². The predicted octanol–water partition coefficient (Wildman–Crippen LogP) is 3.42. The van der Waals surface area contributed by atoms with Crippen molar-refractivity contribution in [3.63, 3.8) is 0 Å². The zero-order valence-electron chi connectivity index (χ0n) is 21.6. The second-order valence-corrected chi connectivity index (χ2v) is 11.9. The lowest BCUT2D eigenvalue weighted by molar-refractivity contribution is -0.0869. The van der Waals surface area contributed by atoms with E-state index in [9.17, 15) is 13.2 Å². The summed E-state index contributed by atoms with van der Waals surface area (Å²) in [6, 6.07) is 8.98. The second-order valence-electron chi connectivity index (χ2n) is 9.66. The summed E-state index contributed by atoms with van der Waals surface area (Å²) in [5, 5.41) is 4.18. The number of hydrogen-bond donors (Lipinski definition) is 1. The summed E-state index contributed by atoms with van der Waals surface area (Å²) in [6.07, 6.45) is 9.47. The summed E-state index contributed by atoms with van der Waals surface area (Å²) >= 11 is 0. The van der Waals surface area contributed by atoms with Crippen LogP contribution in [0, 0.1) is 0 Å². The van der Waals surface area contributed by atoms with E-state index in [1.165, 1.54) is 7.11 Å². The SMILES string of the molecule is COc1cc(ON2CCCCC2S(=O)(=O)CCCNCc2cccnc2)ccc1C(=O)N1CCCCC1. The molecule has 0 saturated carbocycles. The highest BCUT2D eigenvalue weighted by Gasteiger charge is 2.35. The van der Waals surface area contributed by atoms with Gasteiger partial charge in [0.15, 0.2) is 15.6 Å². The molecule has 0 aliphatic carbocycles. The van der Waals surface area contributed by atoms with E-state index in [-0.39, 0.29) is 11.7 Å². The number of carbonyl (C=O) groups is 1. The number of amides is 1. The van der Waals surface area contributed by atoms with Crippen LogP contribution in [0.15, 0.2) is 42.7 Å². The van der Waals surface area contributed by atoms with Crippen molar-refractivity contribution >= 4 is 15.7 Å². The van der Waals surface area contributed by atoms with Gasteiger partial charge in [-0.25, -0.2) is 8.42 Å². The number of carbonyl (C=O) groups excluding carboxylic acids is 1. The van der Waals surface area contributed by atoms with E-state index in [4.69, 9.17) is 9.57 Å². The molecule has 1 atom stereocenters. The first-order chi connectivity index (χ1) is 18.0. The molecule has 10 heteroatoms. The van der Waals surface area contributed by atoms with Crippen LogP contribution in [0.2, 0.25) is 0 Å². The van der Waals surface area contributed by atoms with Gasteiger partial charge in [0.05, 0.1) is 18.4 Å². The standard InChI is InChI=1S/C27H38N4O5S/c1-35-25-19-23(11-12-24(25)27(32)30-15-4-2-5-16-30)36-31-17-6-3-10-26(31)37(33,34)18-8-14-29-21-22-9-7-13-28-20-22/h7,9,11-13,19-20,26,29H,2-6,8,10,14-18,21H2,1H3. The maximum atomic E-state index is 13.2. The molecule has 1 aromatic heterocycles. The Hall–Kier alpha value is -2.69. The second kappa shape index (κ2) is 13.2. The summed E-state index contributed by atoms with van der Waals surface area (Å²) < 4.78 is 32.0. The summed E-state index contributed by atoms with van der Waals surface area (Å²) in [6.45, 7) is 3.30. The molecule has 2 aliphatic heterocycles. The van der Waals surface area contributed by atoms with Gasteiger partial charge in [0, 0.05) is 44.6 Å². The fraction of sp³-hybridized carbons (Fsp3) is 0.556. The molecule has 0 spiro atoms. The first-order valence-electron chi connectivity index (χ1n) is 13.2. The van der Waals surface area contributed by atoms with Gasteiger partial charge in [0.1, 0.15) is 11.1 Å². The van der Waals surface area contributed by atoms with Crippen LogP contribution in [-0.4, -0.2) is 73.7 Å². The number of benzene rings is 1. The Morgan fingerprint density at radius 1 is 1.11 bits per heavy atom. The lowest BCUT2D eigenvalue weighted by Gasteiger charge is -2.34. The molecule has 0 bridgehead atoms. The molecule has 3 heterocycles. The molecular weight excluding hydrogens is 492 g/mol. The highest BCUT2D eigenvalue weighted by atomic mass is 32.2. The van der Waals surface area contributed by atoms with E-state index in [0.717, 1.165) is 50.8 Å². The minimum absolute atomic E-state index is 0.0429. The Morgan fingerprint density at radius 3 is 2.68 bits per heavy atom. The number of aromatic nitrogens is 1. The fourth-order valence-electron chi connectivity index (χ4n) is 4.92. The molecule has 2 aliphatic rings. The van der Waals surface area contributed by atoms with Gasteiger partial charge in [-0.15, -0.1) is 5.06 Å². The minimum atomic E-state index is -3.39. The third-order valence-electron chi connectivity index (χ3n) is 6.92. The van der Waals surface area contributed by atoms with E-state index in [1.54, 1.807) is 35.7 Å². The van der Waals surface area contributed by atoms with Crippen LogP contribution in [0.1, 0.15) is 60.9 Å². The quantitative estimate of drug-likeness (QED) is 0.441. The van der Waals surface area contributed by atoms with E-state index >= 15 is 0 Å². The van der Waals surface area contributed by atoms with E-state index in [1.807, 2.05) is 17.0 Å². The van der Waals surface area contributed by atoms with Gasteiger partial charge in [-0.3, -0.25) is 9.78 Å². The number of rotatable bonds is 11. The molecule has 9 nitrogen and oxygen atoms in total. The van der Waals surface area contributed by atoms with Gasteiger partial charge >= 0.3 is 0 Å². The molecule has 202 valence electrons. The van der Waals surface area contributed by atoms with Gasteiger partial charge in [-0.2, -0.15) is 0 Å². The van der Waals surface area contributed by atoms with E-state index in [2.05, 4.69) is 10.3 Å². The number of methoxy groups -OCH3 is 1. The van der Waals surface area contributed by atoms with Gasteiger partial charge in [-0.05, 0) is 75.3 Å². The average Bonchev–Trinajstić information content (AvgIpc) is 2.93. The average molecular weight is 531 g/mol. The predicted molar refractivity (Wildman–Crippen MR) is 142 cm³/mol. The number of nitrogens with zero attached hydrogens (tertiary/aromatic N) is 3. The highest BCUT2D eigenvalue weighted by Crippen LogP contribution is 2.30. The third-order valence-corrected chi connectivity index (χ3v) is 9.08. The lowest BCUT2D eigenvalue weighted by Crippen LogP contribution is -2.47. The Labute approximate surface area is 220 Å². The van der Waals surface area contributed by atoms with Gasteiger partial charge < -0.3 is 19.8 Å². The topological polar surface area (TPSA) is 101 Å². The molecule has 1 unspecified atom stereocenters. The van der Waals surface area contributed by atoms with Gasteiger partial charge in [0.2, 0.25) is 0 Å². The number of sulfone groups is 1. The number of hydroxylamine groups is 2. The fourth-order valence-corrected chi connectivity index (χ4v) is 6.77. The van der Waals surface area contributed by atoms with Crippen molar-refractivity contribution in [2.24, 2.45) is 0 Å². The lowest BCUT2D eigenvalue weighted by atomic mass is 10.1. The first kappa shape index (κ1) is 27.3. The van der Waals surface area contributed by atoms with Crippen LogP contribution >= 0.6 is 0 Å². The highest BCUT2D eigenvalue weighted by molar-refractivity contribution is 7.91. The molecule has 1 amide bonds. The molecule has 1 N–H and O–H groups in total. The number of nitrogens with one attached hydrogen (secondary N) is 1. The summed E-state index contributed by atoms with van der Waals surface area (Å²) in [5.41, 5.74) is 1.56. The van der Waals surface area contributed by atoms with Gasteiger partial charge in [-0.1, -0.05) is 6.07 Å². The largest absolute Gasteiger partial charge is 0.496 e. The van der Waals surface area contributed by atoms with Crippen LogP contribution in [-0.2, 0) is 16.4 Å². The smallest absolute Gasteiger partial charge is 0.257 e. The molecule has 4 rings (SSSR count). The summed E-state index contributed by atoms with van der Waals surface area (Å²) in [4.78, 5) is 25.0. The number of likely N-dealkylation sites (tertiary alicyclic amines) is 1. The zero-order chi connectivity index (χ0) is 26.1. The first-order valence-corrected chi connectivity index (χ1v) is 14.9. The Kier molecular flexibility index (Phi) is 9.76. The normalized spacial score (nSPS) is 18.9. The van der Waals surface area contributed by atoms with E-state index < -0.39 is 15.2 Å². The molecule has 2 aromatic rings. The molecule has 1 aromatic carbocycles. The molecule has 2 fully saturated rings. The molecule has 0 radical (unpaired) electrons. The maximum absolute atomic E-state index is 13.2. The number of ether oxygens (including phenoxy) is 1. The maximum Gasteiger partial charge on any atom is 0.257 e. The Bertz CT molecular complexity index is 1120. The third kappa shape index (κ3) is 7.43. The van der Waals surface area contributed by atoms with Crippen molar-refractivity contribution in [1.29, 1.82) is 0 Å². The molecule has 37 heavy (non-hydrogen) atoms. The Balaban J connectivity index is 1.35. The van der Waals surface area contributed by atoms with Crippen LogP contribution in [0.25, 0.3) is 0 Å². The monoisotopic (exact) mass is 530 g/mol. The van der Waals surface area contributed by atoms with Crippen molar-refractivity contribution in [3.8, 4) is 11.5 Å². The molecular formula is C27H38N4O5S. The van der Waals surface area contributed by atoms with Crippen molar-refractivity contribution in [1.82, 2.24) is 20.3 Å². The van der Waals surface area contributed by atoms with Crippen molar-refractivity contribution in [3.05, 3.63) is 53.9 Å². The minimum Gasteiger partial charge on any atom is -0.496 e. The van der Waals surface area contributed by atoms with E-state index in [0.29, 0.717) is 49.5 Å². The van der Waals surface area contributed by atoms with Crippen LogP contribution < -0.4 is 14.9 Å². The van der Waals surface area contributed by atoms with Crippen molar-refractivity contribution < 1.29 is 22.8 Å². The van der Waals surface area contributed by atoms with Crippen LogP contribution in [0.4, 0.5) is 0 Å². The zero-order valence-corrected chi connectivity index (χ0v) is 22.4. The van der Waals surface area contributed by atoms with Crippen LogP contribution in [0.3, 0.4) is 0 Å². The molecule has 2 saturated heterocycles. The van der Waals surface area contributed by atoms with Crippen molar-refractivity contribution in [2.75, 3.05) is 39.0 Å². The number of pyridine rings is 1. The van der Waals surface area contributed by atoms with Gasteiger partial charge in [0.25, 0.3) is 5.91 Å². The summed E-state index contributed by atoms with van der Waals surface area (Å²) in [7, 11) is -1.86. The summed E-state index contributed by atoms with van der Waals surface area (Å²) in [5.74, 6) is 0.944.